The molecule has 1 N–H and O–H groups in total. The smallest absolute Gasteiger partial charge is 0.308 e. The summed E-state index contributed by atoms with van der Waals surface area (Å²) in [5.41, 5.74) is 1.58. The Balaban J connectivity index is 1.42. The summed E-state index contributed by atoms with van der Waals surface area (Å²) in [4.78, 5) is 48.9. The van der Waals surface area contributed by atoms with Gasteiger partial charge in [-0.25, -0.2) is 0 Å². The van der Waals surface area contributed by atoms with Crippen molar-refractivity contribution in [1.82, 2.24) is 14.8 Å². The summed E-state index contributed by atoms with van der Waals surface area (Å²) in [6, 6.07) is 8.86. The van der Waals surface area contributed by atoms with Gasteiger partial charge in [0.25, 0.3) is 0 Å². The van der Waals surface area contributed by atoms with E-state index in [1.165, 1.54) is 0 Å². The Bertz CT molecular complexity index is 1210. The molecule has 2 aromatic rings. The largest absolute Gasteiger partial charge is 0.481 e. The normalized spacial score (nSPS) is 22.5. The molecule has 1 aromatic heterocycles. The summed E-state index contributed by atoms with van der Waals surface area (Å²) in [5, 5.41) is 10.5. The lowest BCUT2D eigenvalue weighted by Gasteiger charge is -2.32. The van der Waals surface area contributed by atoms with Crippen molar-refractivity contribution in [3.05, 3.63) is 48.3 Å². The zero-order valence-corrected chi connectivity index (χ0v) is 23.0. The SMILES string of the molecule is CCCCN(C(=O)CN1CC(c2ccc3c(c2)OCO3)C(C(=O)O)C1CCN1CCCCC1=O)c1cccnc1. The van der Waals surface area contributed by atoms with Gasteiger partial charge in [0.15, 0.2) is 11.5 Å². The number of amides is 2. The highest BCUT2D eigenvalue weighted by atomic mass is 16.7. The minimum absolute atomic E-state index is 0.0854. The molecule has 0 saturated carbocycles. The molecule has 2 fully saturated rings. The number of likely N-dealkylation sites (tertiary alicyclic amines) is 2. The van der Waals surface area contributed by atoms with Gasteiger partial charge >= 0.3 is 5.97 Å². The molecule has 0 bridgehead atoms. The number of rotatable bonds is 11. The van der Waals surface area contributed by atoms with Gasteiger partial charge in [0.2, 0.25) is 18.6 Å². The Morgan fingerprint density at radius 1 is 1.18 bits per heavy atom. The van der Waals surface area contributed by atoms with E-state index in [1.54, 1.807) is 17.3 Å². The van der Waals surface area contributed by atoms with Crippen molar-refractivity contribution in [2.45, 2.75) is 57.4 Å². The fourth-order valence-corrected chi connectivity index (χ4v) is 6.21. The molecule has 1 aromatic carbocycles. The number of unbranched alkanes of at least 4 members (excludes halogenated alkanes) is 1. The number of pyridine rings is 1. The molecule has 2 saturated heterocycles. The number of fused-ring (bicyclic) bond motifs is 1. The van der Waals surface area contributed by atoms with Crippen LogP contribution < -0.4 is 14.4 Å². The minimum Gasteiger partial charge on any atom is -0.481 e. The number of hydrogen-bond donors (Lipinski definition) is 1. The van der Waals surface area contributed by atoms with Crippen LogP contribution in [0, 0.1) is 5.92 Å². The van der Waals surface area contributed by atoms with Crippen LogP contribution in [0.15, 0.2) is 42.7 Å². The second-order valence-corrected chi connectivity index (χ2v) is 10.8. The maximum atomic E-state index is 13.8. The number of nitrogens with zero attached hydrogens (tertiary/aromatic N) is 4. The van der Waals surface area contributed by atoms with Crippen LogP contribution in [0.4, 0.5) is 5.69 Å². The molecule has 5 rings (SSSR count). The van der Waals surface area contributed by atoms with Crippen molar-refractivity contribution in [1.29, 1.82) is 0 Å². The van der Waals surface area contributed by atoms with Crippen LogP contribution in [0.1, 0.15) is 56.9 Å². The number of carboxylic acids is 1. The fourth-order valence-electron chi connectivity index (χ4n) is 6.21. The summed E-state index contributed by atoms with van der Waals surface area (Å²) in [7, 11) is 0. The number of carboxylic acid groups (broad SMARTS) is 1. The summed E-state index contributed by atoms with van der Waals surface area (Å²) in [5.74, 6) is -0.704. The topological polar surface area (TPSA) is 113 Å². The van der Waals surface area contributed by atoms with Crippen LogP contribution >= 0.6 is 0 Å². The number of hydrogen-bond acceptors (Lipinski definition) is 7. The molecule has 0 radical (unpaired) electrons. The minimum atomic E-state index is -0.900. The number of aliphatic carboxylic acids is 1. The standard InChI is InChI=1S/C30H38N4O6/c1-2-3-14-34(22-7-6-12-31-17-22)28(36)19-33-18-23(21-9-10-25-26(16-21)40-20-39-25)29(30(37)38)24(33)11-15-32-13-5-4-8-27(32)35/h6-7,9-10,12,16-17,23-24,29H,2-5,8,11,13-15,18-20H2,1H3,(H,37,38). The Morgan fingerprint density at radius 2 is 2.02 bits per heavy atom. The van der Waals surface area contributed by atoms with Gasteiger partial charge in [-0.15, -0.1) is 0 Å². The molecule has 40 heavy (non-hydrogen) atoms. The molecule has 10 heteroatoms. The van der Waals surface area contributed by atoms with E-state index in [0.717, 1.165) is 36.9 Å². The zero-order valence-electron chi connectivity index (χ0n) is 23.0. The Hall–Kier alpha value is -3.66. The van der Waals surface area contributed by atoms with Gasteiger partial charge < -0.3 is 24.4 Å². The molecule has 3 unspecified atom stereocenters. The van der Waals surface area contributed by atoms with Crippen molar-refractivity contribution in [2.24, 2.45) is 5.92 Å². The first-order valence-corrected chi connectivity index (χ1v) is 14.3. The number of aromatic nitrogens is 1. The Labute approximate surface area is 234 Å². The third-order valence-corrected chi connectivity index (χ3v) is 8.31. The van der Waals surface area contributed by atoms with E-state index in [-0.39, 0.29) is 31.1 Å². The van der Waals surface area contributed by atoms with Gasteiger partial charge in [-0.05, 0) is 55.5 Å². The second-order valence-electron chi connectivity index (χ2n) is 10.8. The van der Waals surface area contributed by atoms with E-state index in [4.69, 9.17) is 9.47 Å². The molecule has 2 amide bonds. The highest BCUT2D eigenvalue weighted by Gasteiger charge is 2.47. The van der Waals surface area contributed by atoms with Crippen molar-refractivity contribution in [3.8, 4) is 11.5 Å². The molecule has 0 spiro atoms. The van der Waals surface area contributed by atoms with Crippen molar-refractivity contribution < 1.29 is 29.0 Å². The van der Waals surface area contributed by atoms with Crippen molar-refractivity contribution >= 4 is 23.5 Å². The Kier molecular flexibility index (Phi) is 8.84. The first kappa shape index (κ1) is 27.9. The third kappa shape index (κ3) is 6.06. The molecular weight excluding hydrogens is 512 g/mol. The summed E-state index contributed by atoms with van der Waals surface area (Å²) >= 11 is 0. The third-order valence-electron chi connectivity index (χ3n) is 8.31. The molecule has 0 aliphatic carbocycles. The number of piperidine rings is 1. The van der Waals surface area contributed by atoms with Crippen molar-refractivity contribution in [2.75, 3.05) is 44.4 Å². The van der Waals surface area contributed by atoms with Crippen molar-refractivity contribution in [3.63, 3.8) is 0 Å². The lowest BCUT2D eigenvalue weighted by Crippen LogP contribution is -2.46. The monoisotopic (exact) mass is 550 g/mol. The van der Waals surface area contributed by atoms with E-state index < -0.39 is 17.9 Å². The molecule has 214 valence electrons. The van der Waals surface area contributed by atoms with Crippen LogP contribution in [-0.2, 0) is 14.4 Å². The average Bonchev–Trinajstić information content (AvgIpc) is 3.57. The molecule has 3 atom stereocenters. The van der Waals surface area contributed by atoms with Gasteiger partial charge in [0.05, 0.1) is 24.3 Å². The molecule has 10 nitrogen and oxygen atoms in total. The number of carbonyl (C=O) groups is 3. The quantitative estimate of drug-likeness (QED) is 0.452. The van der Waals surface area contributed by atoms with Crippen LogP contribution in [0.25, 0.3) is 0 Å². The molecule has 3 aliphatic heterocycles. The first-order valence-electron chi connectivity index (χ1n) is 14.3. The van der Waals surface area contributed by atoms with Gasteiger partial charge in [-0.1, -0.05) is 19.4 Å². The number of ether oxygens (including phenoxy) is 2. The Morgan fingerprint density at radius 3 is 2.77 bits per heavy atom. The fraction of sp³-hybridized carbons (Fsp3) is 0.533. The highest BCUT2D eigenvalue weighted by molar-refractivity contribution is 5.94. The van der Waals surface area contributed by atoms with Gasteiger partial charge in [0, 0.05) is 50.8 Å². The lowest BCUT2D eigenvalue weighted by molar-refractivity contribution is -0.143. The summed E-state index contributed by atoms with van der Waals surface area (Å²) in [6.07, 6.45) is 8.02. The predicted molar refractivity (Wildman–Crippen MR) is 148 cm³/mol. The van der Waals surface area contributed by atoms with Gasteiger partial charge in [-0.3, -0.25) is 24.3 Å². The number of anilines is 1. The predicted octanol–water partition coefficient (Wildman–Crippen LogP) is 3.51. The first-order chi connectivity index (χ1) is 19.5. The number of benzene rings is 1. The molecule has 3 aliphatic rings. The summed E-state index contributed by atoms with van der Waals surface area (Å²) in [6.45, 7) is 4.46. The van der Waals surface area contributed by atoms with Crippen LogP contribution in [0.5, 0.6) is 11.5 Å². The van der Waals surface area contributed by atoms with Crippen LogP contribution in [0.2, 0.25) is 0 Å². The van der Waals surface area contributed by atoms with E-state index >= 15 is 0 Å². The molecular formula is C30H38N4O6. The second kappa shape index (κ2) is 12.7. The van der Waals surface area contributed by atoms with E-state index in [2.05, 4.69) is 11.9 Å². The van der Waals surface area contributed by atoms with E-state index in [1.807, 2.05) is 40.1 Å². The van der Waals surface area contributed by atoms with Crippen LogP contribution in [0.3, 0.4) is 0 Å². The highest BCUT2D eigenvalue weighted by Crippen LogP contribution is 2.43. The maximum absolute atomic E-state index is 13.8. The molecule has 4 heterocycles. The zero-order chi connectivity index (χ0) is 28.1. The van der Waals surface area contributed by atoms with E-state index in [9.17, 15) is 19.5 Å². The average molecular weight is 551 g/mol. The van der Waals surface area contributed by atoms with E-state index in [0.29, 0.717) is 50.5 Å². The number of carbonyl (C=O) groups excluding carboxylic acids is 2. The van der Waals surface area contributed by atoms with Gasteiger partial charge in [0.1, 0.15) is 0 Å². The summed E-state index contributed by atoms with van der Waals surface area (Å²) < 4.78 is 11.0. The van der Waals surface area contributed by atoms with Gasteiger partial charge in [-0.2, -0.15) is 0 Å². The lowest BCUT2D eigenvalue weighted by atomic mass is 9.84. The maximum Gasteiger partial charge on any atom is 0.308 e. The van der Waals surface area contributed by atoms with Crippen LogP contribution in [-0.4, -0.2) is 83.2 Å².